The summed E-state index contributed by atoms with van der Waals surface area (Å²) >= 11 is 3.08. The summed E-state index contributed by atoms with van der Waals surface area (Å²) in [5, 5.41) is 12.0. The molecule has 1 aromatic carbocycles. The van der Waals surface area contributed by atoms with E-state index in [-0.39, 0.29) is 5.82 Å². The number of aromatic nitrogens is 2. The highest BCUT2D eigenvalue weighted by atomic mass is 32.2. The molecule has 0 atom stereocenters. The number of halogens is 1. The molecule has 0 amide bonds. The number of nitrogens with one attached hydrogen (secondary N) is 1. The fourth-order valence-electron chi connectivity index (χ4n) is 1.42. The minimum absolute atomic E-state index is 0.265. The number of benzene rings is 1. The van der Waals surface area contributed by atoms with Gasteiger partial charge in [0.1, 0.15) is 11.6 Å². The van der Waals surface area contributed by atoms with Crippen LogP contribution in [-0.4, -0.2) is 42.8 Å². The van der Waals surface area contributed by atoms with E-state index in [2.05, 4.69) is 15.5 Å². The molecule has 2 rings (SSSR count). The van der Waals surface area contributed by atoms with Crippen molar-refractivity contribution in [1.29, 1.82) is 0 Å². The quantitative estimate of drug-likeness (QED) is 0.564. The molecular weight excluding hydrogens is 313 g/mol. The van der Waals surface area contributed by atoms with Crippen molar-refractivity contribution >= 4 is 28.2 Å². The lowest BCUT2D eigenvalue weighted by Crippen LogP contribution is -2.06. The van der Waals surface area contributed by atoms with E-state index in [1.807, 2.05) is 0 Å². The topological polar surface area (TPSA) is 56.3 Å². The van der Waals surface area contributed by atoms with Crippen molar-refractivity contribution in [1.82, 2.24) is 10.2 Å². The Morgan fingerprint density at radius 3 is 2.81 bits per heavy atom. The third-order valence-corrected chi connectivity index (χ3v) is 4.36. The Kier molecular flexibility index (Phi) is 6.71. The van der Waals surface area contributed by atoms with Gasteiger partial charge in [0.2, 0.25) is 5.13 Å². The van der Waals surface area contributed by atoms with Crippen LogP contribution in [0.3, 0.4) is 0 Å². The first-order valence-electron chi connectivity index (χ1n) is 6.35. The van der Waals surface area contributed by atoms with Crippen molar-refractivity contribution < 1.29 is 13.9 Å². The van der Waals surface area contributed by atoms with E-state index < -0.39 is 0 Å². The van der Waals surface area contributed by atoms with Crippen LogP contribution in [0.15, 0.2) is 28.6 Å². The first kappa shape index (κ1) is 16.0. The fraction of sp³-hybridized carbons (Fsp3) is 0.385. The van der Waals surface area contributed by atoms with Gasteiger partial charge in [-0.15, -0.1) is 10.2 Å². The second kappa shape index (κ2) is 8.81. The van der Waals surface area contributed by atoms with Crippen LogP contribution in [0.5, 0.6) is 5.75 Å². The van der Waals surface area contributed by atoms with Gasteiger partial charge in [-0.05, 0) is 24.3 Å². The van der Waals surface area contributed by atoms with Crippen LogP contribution < -0.4 is 10.1 Å². The highest BCUT2D eigenvalue weighted by Gasteiger charge is 2.04. The molecule has 0 spiro atoms. The summed E-state index contributed by atoms with van der Waals surface area (Å²) in [6.07, 6.45) is 0. The predicted molar refractivity (Wildman–Crippen MR) is 82.9 cm³/mol. The van der Waals surface area contributed by atoms with Crippen LogP contribution in [0.25, 0.3) is 0 Å². The van der Waals surface area contributed by atoms with Crippen molar-refractivity contribution in [2.75, 3.05) is 37.9 Å². The van der Waals surface area contributed by atoms with Crippen LogP contribution in [-0.2, 0) is 4.74 Å². The van der Waals surface area contributed by atoms with Crippen molar-refractivity contribution in [3.63, 3.8) is 0 Å². The Hall–Kier alpha value is -1.38. The summed E-state index contributed by atoms with van der Waals surface area (Å²) in [5.41, 5.74) is 0. The minimum Gasteiger partial charge on any atom is -0.493 e. The van der Waals surface area contributed by atoms with Gasteiger partial charge in [0.15, 0.2) is 4.34 Å². The molecule has 0 aliphatic rings. The third kappa shape index (κ3) is 5.86. The molecule has 0 aliphatic heterocycles. The Labute approximate surface area is 130 Å². The maximum Gasteiger partial charge on any atom is 0.206 e. The van der Waals surface area contributed by atoms with Crippen LogP contribution in [0.2, 0.25) is 0 Å². The molecule has 2 aromatic rings. The summed E-state index contributed by atoms with van der Waals surface area (Å²) in [6.45, 7) is 1.87. The number of thioether (sulfide) groups is 1. The van der Waals surface area contributed by atoms with E-state index in [0.29, 0.717) is 25.5 Å². The number of ether oxygens (including phenoxy) is 2. The molecule has 0 unspecified atom stereocenters. The Morgan fingerprint density at radius 1 is 1.24 bits per heavy atom. The first-order chi connectivity index (χ1) is 10.3. The molecule has 0 fully saturated rings. The highest BCUT2D eigenvalue weighted by Crippen LogP contribution is 2.25. The summed E-state index contributed by atoms with van der Waals surface area (Å²) in [4.78, 5) is 0. The van der Waals surface area contributed by atoms with E-state index in [1.54, 1.807) is 31.0 Å². The monoisotopic (exact) mass is 329 g/mol. The molecule has 1 heterocycles. The molecule has 8 heteroatoms. The van der Waals surface area contributed by atoms with Crippen molar-refractivity contribution in [3.8, 4) is 5.75 Å². The first-order valence-corrected chi connectivity index (χ1v) is 8.15. The molecule has 5 nitrogen and oxygen atoms in total. The second-order valence-electron chi connectivity index (χ2n) is 3.94. The lowest BCUT2D eigenvalue weighted by molar-refractivity contribution is 0.211. The van der Waals surface area contributed by atoms with Gasteiger partial charge in [0.05, 0.1) is 13.2 Å². The highest BCUT2D eigenvalue weighted by molar-refractivity contribution is 8.01. The molecule has 0 aliphatic carbocycles. The normalized spacial score (nSPS) is 10.6. The number of nitrogens with zero attached hydrogens (tertiary/aromatic N) is 2. The van der Waals surface area contributed by atoms with E-state index in [0.717, 1.165) is 15.2 Å². The smallest absolute Gasteiger partial charge is 0.206 e. The van der Waals surface area contributed by atoms with Crippen LogP contribution >= 0.6 is 23.1 Å². The standard InChI is InChI=1S/C13H16FN3O2S2/c1-18-7-6-15-12-16-17-13(21-12)20-9-8-19-11-4-2-10(14)3-5-11/h2-5H,6-9H2,1H3,(H,15,16). The number of hydrogen-bond donors (Lipinski definition) is 1. The number of methoxy groups -OCH3 is 1. The van der Waals surface area contributed by atoms with E-state index >= 15 is 0 Å². The molecular formula is C13H16FN3O2S2. The summed E-state index contributed by atoms with van der Waals surface area (Å²) < 4.78 is 24.1. The summed E-state index contributed by atoms with van der Waals surface area (Å²) in [5.74, 6) is 1.15. The lowest BCUT2D eigenvalue weighted by Gasteiger charge is -2.04. The largest absolute Gasteiger partial charge is 0.493 e. The molecule has 0 radical (unpaired) electrons. The molecule has 1 N–H and O–H groups in total. The van der Waals surface area contributed by atoms with Crippen LogP contribution in [0.1, 0.15) is 0 Å². The van der Waals surface area contributed by atoms with Gasteiger partial charge < -0.3 is 14.8 Å². The average molecular weight is 329 g/mol. The lowest BCUT2D eigenvalue weighted by atomic mass is 10.3. The van der Waals surface area contributed by atoms with E-state index in [9.17, 15) is 4.39 Å². The van der Waals surface area contributed by atoms with Gasteiger partial charge in [-0.1, -0.05) is 23.1 Å². The molecule has 114 valence electrons. The van der Waals surface area contributed by atoms with Gasteiger partial charge in [-0.3, -0.25) is 0 Å². The van der Waals surface area contributed by atoms with Gasteiger partial charge in [0, 0.05) is 19.4 Å². The maximum absolute atomic E-state index is 12.7. The van der Waals surface area contributed by atoms with Crippen LogP contribution in [0, 0.1) is 5.82 Å². The zero-order valence-electron chi connectivity index (χ0n) is 11.5. The van der Waals surface area contributed by atoms with Crippen molar-refractivity contribution in [2.24, 2.45) is 0 Å². The minimum atomic E-state index is -0.265. The van der Waals surface area contributed by atoms with Crippen molar-refractivity contribution in [3.05, 3.63) is 30.1 Å². The van der Waals surface area contributed by atoms with Gasteiger partial charge in [0.25, 0.3) is 0 Å². The molecule has 0 saturated heterocycles. The van der Waals surface area contributed by atoms with Crippen molar-refractivity contribution in [2.45, 2.75) is 4.34 Å². The SMILES string of the molecule is COCCNc1nnc(SCCOc2ccc(F)cc2)s1. The number of hydrogen-bond acceptors (Lipinski definition) is 7. The van der Waals surface area contributed by atoms with E-state index in [1.165, 1.54) is 23.5 Å². The number of anilines is 1. The average Bonchev–Trinajstić information content (AvgIpc) is 2.94. The van der Waals surface area contributed by atoms with Gasteiger partial charge in [-0.25, -0.2) is 4.39 Å². The Balaban J connectivity index is 1.65. The van der Waals surface area contributed by atoms with Gasteiger partial charge >= 0.3 is 0 Å². The van der Waals surface area contributed by atoms with Gasteiger partial charge in [-0.2, -0.15) is 0 Å². The Morgan fingerprint density at radius 2 is 2.05 bits per heavy atom. The number of rotatable bonds is 9. The fourth-order valence-corrected chi connectivity index (χ4v) is 3.08. The molecule has 0 bridgehead atoms. The predicted octanol–water partition coefficient (Wildman–Crippen LogP) is 2.91. The molecule has 0 saturated carbocycles. The maximum atomic E-state index is 12.7. The summed E-state index contributed by atoms with van der Waals surface area (Å²) in [6, 6.07) is 5.99. The zero-order chi connectivity index (χ0) is 14.9. The second-order valence-corrected chi connectivity index (χ2v) is 6.26. The molecule has 21 heavy (non-hydrogen) atoms. The third-order valence-electron chi connectivity index (χ3n) is 2.38. The zero-order valence-corrected chi connectivity index (χ0v) is 13.2. The van der Waals surface area contributed by atoms with Crippen LogP contribution in [0.4, 0.5) is 9.52 Å². The Bertz CT molecular complexity index is 536. The summed E-state index contributed by atoms with van der Waals surface area (Å²) in [7, 11) is 1.66. The molecule has 1 aromatic heterocycles. The van der Waals surface area contributed by atoms with E-state index in [4.69, 9.17) is 9.47 Å².